The Labute approximate surface area is 120 Å². The SMILES string of the molecule is CC(C)C(NCc1cc(C#N)n(C)c1)c1ccccc1. The van der Waals surface area contributed by atoms with Crippen LogP contribution < -0.4 is 5.32 Å². The van der Waals surface area contributed by atoms with Crippen LogP contribution in [0, 0.1) is 17.2 Å². The van der Waals surface area contributed by atoms with Crippen molar-refractivity contribution in [1.82, 2.24) is 9.88 Å². The molecule has 3 heteroatoms. The zero-order valence-electron chi connectivity index (χ0n) is 12.3. The minimum Gasteiger partial charge on any atom is -0.342 e. The average Bonchev–Trinajstić information content (AvgIpc) is 2.80. The number of hydrogen-bond donors (Lipinski definition) is 1. The van der Waals surface area contributed by atoms with Gasteiger partial charge in [-0.25, -0.2) is 0 Å². The van der Waals surface area contributed by atoms with Gasteiger partial charge in [-0.3, -0.25) is 0 Å². The van der Waals surface area contributed by atoms with Crippen LogP contribution in [-0.2, 0) is 13.6 Å². The molecule has 0 bridgehead atoms. The van der Waals surface area contributed by atoms with Gasteiger partial charge in [0.2, 0.25) is 0 Å². The van der Waals surface area contributed by atoms with Crippen molar-refractivity contribution >= 4 is 0 Å². The van der Waals surface area contributed by atoms with Crippen molar-refractivity contribution in [2.24, 2.45) is 13.0 Å². The molecule has 1 N–H and O–H groups in total. The van der Waals surface area contributed by atoms with Crippen molar-refractivity contribution in [3.8, 4) is 6.07 Å². The minimum atomic E-state index is 0.321. The van der Waals surface area contributed by atoms with Crippen LogP contribution in [0.5, 0.6) is 0 Å². The molecule has 0 amide bonds. The Morgan fingerprint density at radius 1 is 1.25 bits per heavy atom. The summed E-state index contributed by atoms with van der Waals surface area (Å²) in [5, 5.41) is 12.6. The number of aryl methyl sites for hydroxylation is 1. The predicted molar refractivity (Wildman–Crippen MR) is 81.0 cm³/mol. The van der Waals surface area contributed by atoms with Gasteiger partial charge >= 0.3 is 0 Å². The minimum absolute atomic E-state index is 0.321. The number of rotatable bonds is 5. The van der Waals surface area contributed by atoms with Gasteiger partial charge in [0, 0.05) is 25.8 Å². The number of benzene rings is 1. The molecule has 1 atom stereocenters. The van der Waals surface area contributed by atoms with E-state index in [2.05, 4.69) is 49.5 Å². The van der Waals surface area contributed by atoms with E-state index in [1.165, 1.54) is 5.56 Å². The van der Waals surface area contributed by atoms with Gasteiger partial charge in [0.1, 0.15) is 11.8 Å². The first kappa shape index (κ1) is 14.4. The van der Waals surface area contributed by atoms with Crippen LogP contribution in [0.25, 0.3) is 0 Å². The highest BCUT2D eigenvalue weighted by atomic mass is 15.0. The molecule has 2 rings (SSSR count). The van der Waals surface area contributed by atoms with Crippen molar-refractivity contribution in [3.05, 3.63) is 59.4 Å². The Morgan fingerprint density at radius 3 is 2.50 bits per heavy atom. The fraction of sp³-hybridized carbons (Fsp3) is 0.353. The molecular formula is C17H21N3. The Bertz CT molecular complexity index is 590. The van der Waals surface area contributed by atoms with Crippen LogP contribution >= 0.6 is 0 Å². The fourth-order valence-corrected chi connectivity index (χ4v) is 2.47. The van der Waals surface area contributed by atoms with E-state index in [1.54, 1.807) is 0 Å². The van der Waals surface area contributed by atoms with Crippen LogP contribution in [-0.4, -0.2) is 4.57 Å². The van der Waals surface area contributed by atoms with Gasteiger partial charge in [0.05, 0.1) is 0 Å². The second kappa shape index (κ2) is 6.40. The molecule has 104 valence electrons. The lowest BCUT2D eigenvalue weighted by Crippen LogP contribution is -2.25. The van der Waals surface area contributed by atoms with Gasteiger partial charge in [-0.1, -0.05) is 44.2 Å². The van der Waals surface area contributed by atoms with Crippen LogP contribution in [0.4, 0.5) is 0 Å². The second-order valence-electron chi connectivity index (χ2n) is 5.47. The summed E-state index contributed by atoms with van der Waals surface area (Å²) in [6, 6.07) is 14.9. The largest absolute Gasteiger partial charge is 0.342 e. The number of nitrogens with one attached hydrogen (secondary N) is 1. The number of nitrogens with zero attached hydrogens (tertiary/aromatic N) is 2. The third-order valence-corrected chi connectivity index (χ3v) is 3.53. The van der Waals surface area contributed by atoms with E-state index in [1.807, 2.05) is 29.9 Å². The van der Waals surface area contributed by atoms with Crippen LogP contribution in [0.3, 0.4) is 0 Å². The topological polar surface area (TPSA) is 40.8 Å². The van der Waals surface area contributed by atoms with E-state index in [0.717, 1.165) is 12.1 Å². The van der Waals surface area contributed by atoms with Gasteiger partial charge in [-0.05, 0) is 23.1 Å². The molecule has 0 aliphatic heterocycles. The smallest absolute Gasteiger partial charge is 0.120 e. The number of nitriles is 1. The predicted octanol–water partition coefficient (Wildman–Crippen LogP) is 3.38. The molecule has 3 nitrogen and oxygen atoms in total. The summed E-state index contributed by atoms with van der Waals surface area (Å²) in [5.74, 6) is 0.511. The average molecular weight is 267 g/mol. The summed E-state index contributed by atoms with van der Waals surface area (Å²) in [5.41, 5.74) is 3.15. The zero-order valence-corrected chi connectivity index (χ0v) is 12.3. The normalized spacial score (nSPS) is 12.3. The van der Waals surface area contributed by atoms with Crippen molar-refractivity contribution in [1.29, 1.82) is 5.26 Å². The monoisotopic (exact) mass is 267 g/mol. The van der Waals surface area contributed by atoms with Crippen LogP contribution in [0.15, 0.2) is 42.6 Å². The van der Waals surface area contributed by atoms with Gasteiger partial charge < -0.3 is 9.88 Å². The molecule has 0 saturated heterocycles. The fourth-order valence-electron chi connectivity index (χ4n) is 2.47. The van der Waals surface area contributed by atoms with Gasteiger partial charge in [-0.15, -0.1) is 0 Å². The van der Waals surface area contributed by atoms with Crippen molar-refractivity contribution in [2.45, 2.75) is 26.4 Å². The summed E-state index contributed by atoms with van der Waals surface area (Å²) >= 11 is 0. The molecule has 1 heterocycles. The quantitative estimate of drug-likeness (QED) is 0.902. The Hall–Kier alpha value is -2.05. The maximum atomic E-state index is 8.98. The molecule has 0 aliphatic carbocycles. The summed E-state index contributed by atoms with van der Waals surface area (Å²) in [7, 11) is 1.90. The van der Waals surface area contributed by atoms with Gasteiger partial charge in [0.15, 0.2) is 0 Å². The summed E-state index contributed by atoms with van der Waals surface area (Å²) < 4.78 is 1.86. The highest BCUT2D eigenvalue weighted by molar-refractivity contribution is 5.28. The van der Waals surface area contributed by atoms with E-state index >= 15 is 0 Å². The maximum Gasteiger partial charge on any atom is 0.120 e. The summed E-state index contributed by atoms with van der Waals surface area (Å²) in [6.07, 6.45) is 2.01. The third-order valence-electron chi connectivity index (χ3n) is 3.53. The molecule has 1 aromatic heterocycles. The molecule has 0 radical (unpaired) electrons. The molecule has 0 fully saturated rings. The van der Waals surface area contributed by atoms with Crippen molar-refractivity contribution < 1.29 is 0 Å². The molecule has 2 aromatic rings. The highest BCUT2D eigenvalue weighted by Gasteiger charge is 2.15. The van der Waals surface area contributed by atoms with Crippen molar-refractivity contribution in [2.75, 3.05) is 0 Å². The standard InChI is InChI=1S/C17H21N3/c1-13(2)17(15-7-5-4-6-8-15)19-11-14-9-16(10-18)20(3)12-14/h4-9,12-13,17,19H,11H2,1-3H3. The molecule has 1 unspecified atom stereocenters. The summed E-state index contributed by atoms with van der Waals surface area (Å²) in [4.78, 5) is 0. The molecule has 20 heavy (non-hydrogen) atoms. The first-order valence-electron chi connectivity index (χ1n) is 6.95. The Morgan fingerprint density at radius 2 is 1.95 bits per heavy atom. The van der Waals surface area contributed by atoms with E-state index in [9.17, 15) is 0 Å². The highest BCUT2D eigenvalue weighted by Crippen LogP contribution is 2.22. The van der Waals surface area contributed by atoms with E-state index in [0.29, 0.717) is 17.7 Å². The lowest BCUT2D eigenvalue weighted by molar-refractivity contribution is 0.410. The number of hydrogen-bond acceptors (Lipinski definition) is 2. The molecule has 1 aromatic carbocycles. The Kier molecular flexibility index (Phi) is 4.60. The van der Waals surface area contributed by atoms with Gasteiger partial charge in [-0.2, -0.15) is 5.26 Å². The Balaban J connectivity index is 2.08. The lowest BCUT2D eigenvalue weighted by atomic mass is 9.96. The maximum absolute atomic E-state index is 8.98. The van der Waals surface area contributed by atoms with Gasteiger partial charge in [0.25, 0.3) is 0 Å². The van der Waals surface area contributed by atoms with Crippen LogP contribution in [0.1, 0.15) is 36.7 Å². The van der Waals surface area contributed by atoms with E-state index < -0.39 is 0 Å². The first-order chi connectivity index (χ1) is 9.61. The third kappa shape index (κ3) is 3.28. The van der Waals surface area contributed by atoms with Crippen LogP contribution in [0.2, 0.25) is 0 Å². The lowest BCUT2D eigenvalue weighted by Gasteiger charge is -2.22. The van der Waals surface area contributed by atoms with E-state index in [-0.39, 0.29) is 0 Å². The molecular weight excluding hydrogens is 246 g/mol. The second-order valence-corrected chi connectivity index (χ2v) is 5.47. The first-order valence-corrected chi connectivity index (χ1v) is 6.95. The molecule has 0 aliphatic rings. The number of aromatic nitrogens is 1. The van der Waals surface area contributed by atoms with E-state index in [4.69, 9.17) is 5.26 Å². The summed E-state index contributed by atoms with van der Waals surface area (Å²) in [6.45, 7) is 5.21. The van der Waals surface area contributed by atoms with Crippen molar-refractivity contribution in [3.63, 3.8) is 0 Å². The molecule has 0 spiro atoms. The molecule has 0 saturated carbocycles. The zero-order chi connectivity index (χ0) is 14.5.